The molecule has 3 aromatic heterocycles. The summed E-state index contributed by atoms with van der Waals surface area (Å²) in [7, 11) is 0. The van der Waals surface area contributed by atoms with Crippen LogP contribution in [0.1, 0.15) is 0 Å². The molecule has 12 aromatic rings. The number of para-hydroxylation sites is 3. The van der Waals surface area contributed by atoms with Gasteiger partial charge >= 0.3 is 0 Å². The second-order valence-corrected chi connectivity index (χ2v) is 15.5. The Morgan fingerprint density at radius 3 is 1.52 bits per heavy atom. The van der Waals surface area contributed by atoms with Crippen LogP contribution in [0.25, 0.3) is 122 Å². The van der Waals surface area contributed by atoms with E-state index in [1.807, 2.05) is 24.3 Å². The normalized spacial score (nSPS) is 11.6. The minimum absolute atomic E-state index is 0.707. The van der Waals surface area contributed by atoms with Gasteiger partial charge in [-0.25, -0.2) is 15.0 Å². The Morgan fingerprint density at radius 1 is 0.279 bits per heavy atom. The van der Waals surface area contributed by atoms with Crippen molar-refractivity contribution in [2.75, 3.05) is 0 Å². The van der Waals surface area contributed by atoms with Crippen LogP contribution in [0.5, 0.6) is 0 Å². The van der Waals surface area contributed by atoms with Crippen LogP contribution >= 0.6 is 0 Å². The molecule has 0 radical (unpaired) electrons. The molecule has 0 N–H and O–H groups in total. The van der Waals surface area contributed by atoms with Crippen molar-refractivity contribution in [1.82, 2.24) is 15.0 Å². The van der Waals surface area contributed by atoms with Crippen molar-refractivity contribution in [2.45, 2.75) is 0 Å². The summed E-state index contributed by atoms with van der Waals surface area (Å²) < 4.78 is 6.61. The Kier molecular flexibility index (Phi) is 8.13. The van der Waals surface area contributed by atoms with Crippen molar-refractivity contribution in [3.8, 4) is 67.3 Å². The lowest BCUT2D eigenvalue weighted by atomic mass is 9.89. The summed E-state index contributed by atoms with van der Waals surface area (Å²) in [5.41, 5.74) is 15.4. The maximum Gasteiger partial charge on any atom is 0.160 e. The predicted molar refractivity (Wildman–Crippen MR) is 252 cm³/mol. The minimum atomic E-state index is 0.707. The van der Waals surface area contributed by atoms with Crippen LogP contribution in [0.15, 0.2) is 217 Å². The van der Waals surface area contributed by atoms with E-state index < -0.39 is 0 Å². The third-order valence-electron chi connectivity index (χ3n) is 11.9. The Bertz CT molecular complexity index is 3610. The third kappa shape index (κ3) is 5.96. The average Bonchev–Trinajstić information content (AvgIpc) is 3.71. The van der Waals surface area contributed by atoms with Crippen LogP contribution in [-0.2, 0) is 0 Å². The van der Waals surface area contributed by atoms with Crippen LogP contribution in [0.3, 0.4) is 0 Å². The van der Waals surface area contributed by atoms with Gasteiger partial charge in [-0.3, -0.25) is 0 Å². The monoisotopic (exact) mass is 777 g/mol. The second kappa shape index (κ2) is 14.3. The summed E-state index contributed by atoms with van der Waals surface area (Å²) in [6.45, 7) is 0. The second-order valence-electron chi connectivity index (χ2n) is 15.5. The lowest BCUT2D eigenvalue weighted by Gasteiger charge is -2.16. The molecular formula is C57H35N3O. The summed E-state index contributed by atoms with van der Waals surface area (Å²) in [5.74, 6) is 0.707. The summed E-state index contributed by atoms with van der Waals surface area (Å²) in [6.07, 6.45) is 0. The van der Waals surface area contributed by atoms with E-state index in [-0.39, 0.29) is 0 Å². The number of furan rings is 1. The standard InChI is InChI=1S/C57H35N3O/c1-3-14-36(15-4-1)42-18-13-19-43(34-42)57-59-49-24-11-8-21-45(49)55(60-57)41-32-28-38(29-33-41)37-26-30-39(31-27-37)52-53-44-20-7-10-23-48(44)58-56(40-16-5-2-6-17-40)47(53)35-51-54(52)46-22-9-12-25-50(46)61-51/h1-35H. The number of hydrogen-bond donors (Lipinski definition) is 0. The number of nitrogens with zero attached hydrogens (tertiary/aromatic N) is 3. The van der Waals surface area contributed by atoms with Crippen molar-refractivity contribution >= 4 is 54.5 Å². The molecule has 0 saturated carbocycles. The summed E-state index contributed by atoms with van der Waals surface area (Å²) >= 11 is 0. The van der Waals surface area contributed by atoms with Crippen molar-refractivity contribution < 1.29 is 4.42 Å². The summed E-state index contributed by atoms with van der Waals surface area (Å²) in [6, 6.07) is 74.4. The highest BCUT2D eigenvalue weighted by molar-refractivity contribution is 6.27. The third-order valence-corrected chi connectivity index (χ3v) is 11.9. The van der Waals surface area contributed by atoms with Gasteiger partial charge in [-0.2, -0.15) is 0 Å². The molecule has 0 atom stereocenters. The molecule has 0 saturated heterocycles. The van der Waals surface area contributed by atoms with E-state index in [4.69, 9.17) is 19.4 Å². The maximum absolute atomic E-state index is 6.61. The number of fused-ring (bicyclic) bond motifs is 7. The molecule has 0 spiro atoms. The van der Waals surface area contributed by atoms with E-state index in [2.05, 4.69) is 188 Å². The van der Waals surface area contributed by atoms with E-state index >= 15 is 0 Å². The Morgan fingerprint density at radius 2 is 0.787 bits per heavy atom. The molecule has 9 aromatic carbocycles. The molecule has 0 bridgehead atoms. The lowest BCUT2D eigenvalue weighted by molar-refractivity contribution is 0.669. The smallest absolute Gasteiger partial charge is 0.160 e. The van der Waals surface area contributed by atoms with Gasteiger partial charge in [0.2, 0.25) is 0 Å². The molecule has 0 aliphatic rings. The van der Waals surface area contributed by atoms with Gasteiger partial charge in [0.25, 0.3) is 0 Å². The lowest BCUT2D eigenvalue weighted by Crippen LogP contribution is -1.95. The first-order valence-corrected chi connectivity index (χ1v) is 20.6. The highest BCUT2D eigenvalue weighted by Gasteiger charge is 2.22. The Labute approximate surface area is 352 Å². The van der Waals surface area contributed by atoms with E-state index in [9.17, 15) is 0 Å². The highest BCUT2D eigenvalue weighted by atomic mass is 16.3. The van der Waals surface area contributed by atoms with Crippen LogP contribution in [0.2, 0.25) is 0 Å². The Hall–Kier alpha value is -8.21. The van der Waals surface area contributed by atoms with Gasteiger partial charge in [-0.05, 0) is 58.1 Å². The maximum atomic E-state index is 6.61. The quantitative estimate of drug-likeness (QED) is 0.158. The zero-order chi connectivity index (χ0) is 40.3. The fourth-order valence-corrected chi connectivity index (χ4v) is 8.97. The number of rotatable bonds is 6. The molecule has 61 heavy (non-hydrogen) atoms. The molecule has 284 valence electrons. The molecule has 12 rings (SSSR count). The van der Waals surface area contributed by atoms with Crippen molar-refractivity contribution in [2.24, 2.45) is 0 Å². The molecule has 0 aliphatic heterocycles. The zero-order valence-corrected chi connectivity index (χ0v) is 33.0. The molecule has 3 heterocycles. The summed E-state index contributed by atoms with van der Waals surface area (Å²) in [5, 5.41) is 6.58. The van der Waals surface area contributed by atoms with Crippen LogP contribution < -0.4 is 0 Å². The van der Waals surface area contributed by atoms with E-state index in [1.54, 1.807) is 0 Å². The minimum Gasteiger partial charge on any atom is -0.456 e. The molecule has 4 nitrogen and oxygen atoms in total. The first-order valence-electron chi connectivity index (χ1n) is 20.6. The Balaban J connectivity index is 0.971. The van der Waals surface area contributed by atoms with Crippen molar-refractivity contribution in [3.05, 3.63) is 212 Å². The van der Waals surface area contributed by atoms with Crippen molar-refractivity contribution in [3.63, 3.8) is 0 Å². The number of pyridine rings is 1. The highest BCUT2D eigenvalue weighted by Crippen LogP contribution is 2.46. The van der Waals surface area contributed by atoms with E-state index in [1.165, 1.54) is 5.39 Å². The van der Waals surface area contributed by atoms with Gasteiger partial charge in [0, 0.05) is 54.6 Å². The zero-order valence-electron chi connectivity index (χ0n) is 33.0. The fourth-order valence-electron chi connectivity index (χ4n) is 8.97. The first kappa shape index (κ1) is 34.8. The molecule has 0 unspecified atom stereocenters. The topological polar surface area (TPSA) is 51.8 Å². The molecule has 0 aliphatic carbocycles. The van der Waals surface area contributed by atoms with Crippen molar-refractivity contribution in [1.29, 1.82) is 0 Å². The van der Waals surface area contributed by atoms with E-state index in [0.717, 1.165) is 111 Å². The van der Waals surface area contributed by atoms with Gasteiger partial charge in [-0.15, -0.1) is 0 Å². The largest absolute Gasteiger partial charge is 0.456 e. The van der Waals surface area contributed by atoms with Gasteiger partial charge in [0.1, 0.15) is 11.2 Å². The van der Waals surface area contributed by atoms with Gasteiger partial charge < -0.3 is 4.42 Å². The first-order chi connectivity index (χ1) is 30.2. The fraction of sp³-hybridized carbons (Fsp3) is 0. The van der Waals surface area contributed by atoms with Crippen LogP contribution in [0, 0.1) is 0 Å². The van der Waals surface area contributed by atoms with Gasteiger partial charge in [0.05, 0.1) is 22.4 Å². The molecule has 0 amide bonds. The van der Waals surface area contributed by atoms with Crippen LogP contribution in [-0.4, -0.2) is 15.0 Å². The van der Waals surface area contributed by atoms with Gasteiger partial charge in [0.15, 0.2) is 5.82 Å². The van der Waals surface area contributed by atoms with E-state index in [0.29, 0.717) is 5.82 Å². The van der Waals surface area contributed by atoms with Gasteiger partial charge in [-0.1, -0.05) is 182 Å². The number of hydrogen-bond acceptors (Lipinski definition) is 4. The molecule has 0 fully saturated rings. The SMILES string of the molecule is c1ccc(-c2cccc(-c3nc(-c4ccc(-c5ccc(-c6c7c(cc8c(-c9ccccc9)nc9ccccc9c68)oc6ccccc67)cc5)cc4)c4ccccc4n3)c2)cc1. The number of benzene rings is 9. The predicted octanol–water partition coefficient (Wildman–Crippen LogP) is 15.2. The molecule has 4 heteroatoms. The van der Waals surface area contributed by atoms with Crippen LogP contribution in [0.4, 0.5) is 0 Å². The number of aromatic nitrogens is 3. The average molecular weight is 778 g/mol. The summed E-state index contributed by atoms with van der Waals surface area (Å²) in [4.78, 5) is 15.5. The molecular weight excluding hydrogens is 743 g/mol.